The van der Waals surface area contributed by atoms with Gasteiger partial charge in [-0.1, -0.05) is 0 Å². The molecule has 1 atom stereocenters. The van der Waals surface area contributed by atoms with Crippen molar-refractivity contribution in [2.24, 2.45) is 0 Å². The minimum absolute atomic E-state index is 0.0125. The fraction of sp³-hybridized carbons (Fsp3) is 0.500. The summed E-state index contributed by atoms with van der Waals surface area (Å²) in [6.45, 7) is 1.67. The Morgan fingerprint density at radius 3 is 2.30 bits per heavy atom. The van der Waals surface area contributed by atoms with E-state index >= 15 is 0 Å². The first-order valence-corrected chi connectivity index (χ1v) is 7.40. The summed E-state index contributed by atoms with van der Waals surface area (Å²) in [6, 6.07) is 0. The molecule has 0 bridgehead atoms. The second-order valence-electron chi connectivity index (χ2n) is 4.50. The van der Waals surface area contributed by atoms with E-state index in [2.05, 4.69) is 0 Å². The number of benzene rings is 1. The first-order valence-electron chi connectivity index (χ1n) is 5.99. The summed E-state index contributed by atoms with van der Waals surface area (Å²) in [5.41, 5.74) is 0.493. The van der Waals surface area contributed by atoms with Gasteiger partial charge in [0.2, 0.25) is 18.3 Å². The molecule has 1 aromatic carbocycles. The van der Waals surface area contributed by atoms with Gasteiger partial charge in [-0.15, -0.1) is 0 Å². The van der Waals surface area contributed by atoms with E-state index < -0.39 is 16.2 Å². The smallest absolute Gasteiger partial charge is 0.301 e. The largest absolute Gasteiger partial charge is 0.492 e. The minimum Gasteiger partial charge on any atom is -0.492 e. The molecule has 8 heteroatoms. The zero-order valence-corrected chi connectivity index (χ0v) is 12.1. The molecule has 2 aliphatic rings. The van der Waals surface area contributed by atoms with Crippen molar-refractivity contribution in [3.63, 3.8) is 0 Å². The number of rotatable bonds is 2. The van der Waals surface area contributed by atoms with E-state index in [1.165, 1.54) is 14.2 Å². The molecule has 0 N–H and O–H groups in total. The average Bonchev–Trinajstić information content (AvgIpc) is 2.83. The van der Waals surface area contributed by atoms with Gasteiger partial charge in [-0.3, -0.25) is 4.18 Å². The van der Waals surface area contributed by atoms with Crippen LogP contribution in [0.2, 0.25) is 0 Å². The van der Waals surface area contributed by atoms with E-state index in [1.54, 1.807) is 6.92 Å². The van der Waals surface area contributed by atoms with Crippen molar-refractivity contribution in [1.82, 2.24) is 0 Å². The van der Waals surface area contributed by atoms with Crippen LogP contribution in [-0.2, 0) is 20.7 Å². The van der Waals surface area contributed by atoms with Crippen molar-refractivity contribution in [3.05, 3.63) is 5.56 Å². The highest BCUT2D eigenvalue weighted by Crippen LogP contribution is 2.55. The summed E-state index contributed by atoms with van der Waals surface area (Å²) in [6.07, 6.45) is -0.100. The quantitative estimate of drug-likeness (QED) is 0.756. The zero-order chi connectivity index (χ0) is 14.5. The van der Waals surface area contributed by atoms with Crippen molar-refractivity contribution >= 4 is 10.1 Å². The number of hydrogen-bond acceptors (Lipinski definition) is 7. The molecule has 0 aliphatic carbocycles. The van der Waals surface area contributed by atoms with E-state index in [0.29, 0.717) is 23.5 Å². The Morgan fingerprint density at radius 1 is 1.10 bits per heavy atom. The van der Waals surface area contributed by atoms with Crippen LogP contribution in [0.3, 0.4) is 0 Å². The van der Waals surface area contributed by atoms with Gasteiger partial charge in [0.1, 0.15) is 4.90 Å². The summed E-state index contributed by atoms with van der Waals surface area (Å²) < 4.78 is 50.8. The maximum atomic E-state index is 12.3. The summed E-state index contributed by atoms with van der Waals surface area (Å²) in [5, 5.41) is 0. The van der Waals surface area contributed by atoms with E-state index in [0.717, 1.165) is 0 Å². The van der Waals surface area contributed by atoms with Crippen LogP contribution in [-0.4, -0.2) is 35.5 Å². The maximum Gasteiger partial charge on any atom is 0.301 e. The Hall–Kier alpha value is -1.67. The third kappa shape index (κ3) is 1.71. The molecule has 20 heavy (non-hydrogen) atoms. The van der Waals surface area contributed by atoms with Gasteiger partial charge in [-0.2, -0.15) is 8.42 Å². The molecule has 0 radical (unpaired) electrons. The van der Waals surface area contributed by atoms with Crippen LogP contribution in [0.25, 0.3) is 0 Å². The summed E-state index contributed by atoms with van der Waals surface area (Å²) in [5.74, 6) is 1.05. The van der Waals surface area contributed by atoms with Gasteiger partial charge in [0.25, 0.3) is 0 Å². The third-order valence-corrected chi connectivity index (χ3v) is 4.73. The summed E-state index contributed by atoms with van der Waals surface area (Å²) in [4.78, 5) is -0.0424. The number of hydrogen-bond donors (Lipinski definition) is 0. The van der Waals surface area contributed by atoms with Crippen molar-refractivity contribution in [3.8, 4) is 23.0 Å². The van der Waals surface area contributed by atoms with E-state index in [4.69, 9.17) is 23.1 Å². The highest BCUT2D eigenvalue weighted by atomic mass is 32.2. The van der Waals surface area contributed by atoms with Crippen molar-refractivity contribution in [2.45, 2.75) is 24.3 Å². The zero-order valence-electron chi connectivity index (χ0n) is 11.3. The molecular weight excluding hydrogens is 288 g/mol. The van der Waals surface area contributed by atoms with Gasteiger partial charge in [0.15, 0.2) is 11.5 Å². The predicted molar refractivity (Wildman–Crippen MR) is 67.1 cm³/mol. The lowest BCUT2D eigenvalue weighted by atomic mass is 10.1. The van der Waals surface area contributed by atoms with Crippen LogP contribution < -0.4 is 18.9 Å². The van der Waals surface area contributed by atoms with Gasteiger partial charge >= 0.3 is 10.1 Å². The lowest BCUT2D eigenvalue weighted by molar-refractivity contribution is 0.168. The Bertz CT molecular complexity index is 665. The Kier molecular flexibility index (Phi) is 2.94. The fourth-order valence-electron chi connectivity index (χ4n) is 2.53. The molecule has 2 heterocycles. The normalized spacial score (nSPS) is 22.2. The van der Waals surface area contributed by atoms with E-state index in [-0.39, 0.29) is 23.2 Å². The lowest BCUT2D eigenvalue weighted by Gasteiger charge is -2.26. The van der Waals surface area contributed by atoms with Crippen LogP contribution in [0.15, 0.2) is 4.90 Å². The highest BCUT2D eigenvalue weighted by molar-refractivity contribution is 7.87. The van der Waals surface area contributed by atoms with Gasteiger partial charge in [-0.25, -0.2) is 0 Å². The monoisotopic (exact) mass is 302 g/mol. The molecule has 0 fully saturated rings. The summed E-state index contributed by atoms with van der Waals surface area (Å²) in [7, 11) is -1.10. The number of methoxy groups -OCH3 is 2. The molecule has 3 rings (SSSR count). The molecule has 0 spiro atoms. The first kappa shape index (κ1) is 13.3. The minimum atomic E-state index is -3.93. The van der Waals surface area contributed by atoms with Crippen LogP contribution in [0.5, 0.6) is 23.0 Å². The molecule has 1 aromatic rings. The molecule has 110 valence electrons. The van der Waals surface area contributed by atoms with Crippen molar-refractivity contribution < 1.29 is 31.5 Å². The molecule has 0 saturated heterocycles. The molecule has 0 saturated carbocycles. The fourth-order valence-corrected chi connectivity index (χ4v) is 4.01. The Morgan fingerprint density at radius 2 is 1.70 bits per heavy atom. The summed E-state index contributed by atoms with van der Waals surface area (Å²) >= 11 is 0. The van der Waals surface area contributed by atoms with Crippen molar-refractivity contribution in [2.75, 3.05) is 21.0 Å². The lowest BCUT2D eigenvalue weighted by Crippen LogP contribution is -2.26. The number of ether oxygens (including phenoxy) is 4. The van der Waals surface area contributed by atoms with E-state index in [1.807, 2.05) is 0 Å². The van der Waals surface area contributed by atoms with Gasteiger partial charge in [0, 0.05) is 12.0 Å². The molecule has 7 nitrogen and oxygen atoms in total. The molecule has 0 amide bonds. The topological polar surface area (TPSA) is 80.3 Å². The van der Waals surface area contributed by atoms with Crippen LogP contribution >= 0.6 is 0 Å². The predicted octanol–water partition coefficient (Wildman–Crippen LogP) is 1.08. The van der Waals surface area contributed by atoms with Crippen molar-refractivity contribution in [1.29, 1.82) is 0 Å². The standard InChI is InChI=1S/C12H14O7S/c1-6-4-7-8(15-2)9-10(18-5-17-9)11(16-3)12(7)20(13,14)19-6/h6H,4-5H2,1-3H3. The second-order valence-corrected chi connectivity index (χ2v) is 6.01. The molecule has 0 aromatic heterocycles. The molecular formula is C12H14O7S. The second kappa shape index (κ2) is 4.42. The van der Waals surface area contributed by atoms with Gasteiger partial charge in [0.05, 0.1) is 20.3 Å². The van der Waals surface area contributed by atoms with Crippen LogP contribution in [0.4, 0.5) is 0 Å². The molecule has 2 aliphatic heterocycles. The van der Waals surface area contributed by atoms with Crippen LogP contribution in [0, 0.1) is 0 Å². The SMILES string of the molecule is COc1c2c(c(OC)c3c1OCO3)S(=O)(=O)OC(C)C2. The Balaban J connectivity index is 2.41. The Labute approximate surface area is 116 Å². The van der Waals surface area contributed by atoms with Crippen LogP contribution in [0.1, 0.15) is 12.5 Å². The highest BCUT2D eigenvalue weighted by Gasteiger charge is 2.41. The van der Waals surface area contributed by atoms with Gasteiger partial charge < -0.3 is 18.9 Å². The third-order valence-electron chi connectivity index (χ3n) is 3.22. The average molecular weight is 302 g/mol. The maximum absolute atomic E-state index is 12.3. The molecule has 1 unspecified atom stereocenters. The first-order chi connectivity index (χ1) is 9.49. The van der Waals surface area contributed by atoms with Gasteiger partial charge in [-0.05, 0) is 6.92 Å². The number of fused-ring (bicyclic) bond motifs is 2. The van der Waals surface area contributed by atoms with E-state index in [9.17, 15) is 8.42 Å².